The van der Waals surface area contributed by atoms with Crippen LogP contribution in [0.2, 0.25) is 0 Å². The minimum absolute atomic E-state index is 0.0861. The van der Waals surface area contributed by atoms with Gasteiger partial charge in [-0.25, -0.2) is 0 Å². The zero-order valence-electron chi connectivity index (χ0n) is 9.91. The largest absolute Gasteiger partial charge is 0.393 e. The molecule has 1 fully saturated rings. The topological polar surface area (TPSA) is 55.1 Å². The Labute approximate surface area is 107 Å². The molecule has 16 heavy (non-hydrogen) atoms. The molecule has 0 aromatic carbocycles. The molecule has 0 aromatic rings. The van der Waals surface area contributed by atoms with Gasteiger partial charge in [-0.2, -0.15) is 0 Å². The van der Waals surface area contributed by atoms with Crippen molar-refractivity contribution in [3.05, 3.63) is 0 Å². The fourth-order valence-electron chi connectivity index (χ4n) is 1.84. The summed E-state index contributed by atoms with van der Waals surface area (Å²) < 4.78 is -0.246. The summed E-state index contributed by atoms with van der Waals surface area (Å²) >= 11 is 6.62. The van der Waals surface area contributed by atoms with E-state index in [4.69, 9.17) is 18.0 Å². The van der Waals surface area contributed by atoms with Gasteiger partial charge in [-0.15, -0.1) is 11.8 Å². The quantitative estimate of drug-likeness (QED) is 0.741. The Morgan fingerprint density at radius 2 is 2.38 bits per heavy atom. The van der Waals surface area contributed by atoms with E-state index < -0.39 is 0 Å². The molecular formula is C11H20N2OS2. The molecule has 5 heteroatoms. The second-order valence-corrected chi connectivity index (χ2v) is 6.55. The van der Waals surface area contributed by atoms with Crippen molar-refractivity contribution in [2.75, 3.05) is 5.75 Å². The number of carbonyl (C=O) groups is 1. The number of nitrogens with two attached hydrogens (primary N) is 1. The van der Waals surface area contributed by atoms with Crippen LogP contribution in [-0.4, -0.2) is 27.4 Å². The van der Waals surface area contributed by atoms with Gasteiger partial charge in [-0.1, -0.05) is 19.1 Å². The lowest BCUT2D eigenvalue weighted by Crippen LogP contribution is -2.46. The van der Waals surface area contributed by atoms with Crippen molar-refractivity contribution in [3.8, 4) is 0 Å². The lowest BCUT2D eigenvalue weighted by atomic mass is 10.0. The van der Waals surface area contributed by atoms with Gasteiger partial charge in [0.05, 0.1) is 9.74 Å². The number of hydrogen-bond acceptors (Lipinski definition) is 3. The molecule has 1 aliphatic rings. The van der Waals surface area contributed by atoms with Crippen LogP contribution < -0.4 is 11.1 Å². The second kappa shape index (κ2) is 5.87. The molecule has 1 heterocycles. The molecule has 92 valence electrons. The van der Waals surface area contributed by atoms with Crippen molar-refractivity contribution in [2.24, 2.45) is 5.73 Å². The van der Waals surface area contributed by atoms with Crippen molar-refractivity contribution in [2.45, 2.75) is 50.3 Å². The molecule has 0 spiro atoms. The molecule has 2 atom stereocenters. The van der Waals surface area contributed by atoms with E-state index in [9.17, 15) is 4.79 Å². The third kappa shape index (κ3) is 3.63. The smallest absolute Gasteiger partial charge is 0.236 e. The molecule has 0 saturated carbocycles. The van der Waals surface area contributed by atoms with E-state index in [-0.39, 0.29) is 16.7 Å². The Balaban J connectivity index is 2.51. The first-order valence-electron chi connectivity index (χ1n) is 5.71. The molecular weight excluding hydrogens is 240 g/mol. The lowest BCUT2D eigenvalue weighted by Gasteiger charge is -2.25. The first-order chi connectivity index (χ1) is 7.48. The van der Waals surface area contributed by atoms with Crippen LogP contribution in [0.3, 0.4) is 0 Å². The van der Waals surface area contributed by atoms with Gasteiger partial charge in [0, 0.05) is 12.5 Å². The van der Waals surface area contributed by atoms with E-state index in [2.05, 4.69) is 5.32 Å². The third-order valence-corrected chi connectivity index (χ3v) is 4.66. The number of thioether (sulfide) groups is 1. The van der Waals surface area contributed by atoms with Crippen LogP contribution in [0.1, 0.15) is 39.5 Å². The Morgan fingerprint density at radius 3 is 2.81 bits per heavy atom. The van der Waals surface area contributed by atoms with E-state index in [0.717, 1.165) is 25.0 Å². The maximum atomic E-state index is 12.1. The van der Waals surface area contributed by atoms with Gasteiger partial charge in [0.1, 0.15) is 0 Å². The molecule has 3 N–H and O–H groups in total. The third-order valence-electron chi connectivity index (χ3n) is 2.97. The highest BCUT2D eigenvalue weighted by Gasteiger charge is 2.37. The number of hydrogen-bond donors (Lipinski definition) is 2. The van der Waals surface area contributed by atoms with Gasteiger partial charge in [0.15, 0.2) is 0 Å². The van der Waals surface area contributed by atoms with Gasteiger partial charge in [-0.3, -0.25) is 4.79 Å². The Morgan fingerprint density at radius 1 is 1.69 bits per heavy atom. The summed E-state index contributed by atoms with van der Waals surface area (Å²) in [5, 5.41) is 3.05. The molecule has 0 aromatic heterocycles. The summed E-state index contributed by atoms with van der Waals surface area (Å²) in [5.74, 6) is 1.22. The fourth-order valence-corrected chi connectivity index (χ4v) is 3.26. The van der Waals surface area contributed by atoms with Crippen LogP contribution in [0, 0.1) is 0 Å². The zero-order chi connectivity index (χ0) is 12.2. The predicted octanol–water partition coefficient (Wildman–Crippen LogP) is 1.84. The van der Waals surface area contributed by atoms with E-state index in [1.165, 1.54) is 0 Å². The van der Waals surface area contributed by atoms with Crippen molar-refractivity contribution >= 4 is 34.9 Å². The van der Waals surface area contributed by atoms with Crippen molar-refractivity contribution < 1.29 is 4.79 Å². The summed E-state index contributed by atoms with van der Waals surface area (Å²) in [6, 6.07) is 0.0861. The Kier molecular flexibility index (Phi) is 5.05. The molecule has 0 radical (unpaired) electrons. The van der Waals surface area contributed by atoms with Gasteiger partial charge < -0.3 is 11.1 Å². The monoisotopic (exact) mass is 260 g/mol. The van der Waals surface area contributed by atoms with E-state index in [1.807, 2.05) is 13.8 Å². The van der Waals surface area contributed by atoms with Crippen molar-refractivity contribution in [3.63, 3.8) is 0 Å². The minimum Gasteiger partial charge on any atom is -0.393 e. The Bertz CT molecular complexity index is 275. The summed E-state index contributed by atoms with van der Waals surface area (Å²) in [4.78, 5) is 12.6. The van der Waals surface area contributed by atoms with E-state index in [0.29, 0.717) is 11.4 Å². The first-order valence-corrected chi connectivity index (χ1v) is 7.10. The van der Waals surface area contributed by atoms with Crippen molar-refractivity contribution in [1.82, 2.24) is 5.32 Å². The summed E-state index contributed by atoms with van der Waals surface area (Å²) in [5.41, 5.74) is 5.51. The number of rotatable bonds is 5. The highest BCUT2D eigenvalue weighted by Crippen LogP contribution is 2.37. The normalized spacial score (nSPS) is 26.4. The van der Waals surface area contributed by atoms with Crippen LogP contribution >= 0.6 is 24.0 Å². The fraction of sp³-hybridized carbons (Fsp3) is 0.818. The minimum atomic E-state index is -0.246. The van der Waals surface area contributed by atoms with E-state index >= 15 is 0 Å². The molecule has 2 unspecified atom stereocenters. The van der Waals surface area contributed by atoms with Crippen LogP contribution in [0.5, 0.6) is 0 Å². The molecule has 1 saturated heterocycles. The van der Waals surface area contributed by atoms with Crippen LogP contribution in [-0.2, 0) is 4.79 Å². The number of nitrogens with one attached hydrogen (secondary N) is 1. The maximum absolute atomic E-state index is 12.1. The molecule has 0 aliphatic carbocycles. The number of carbonyl (C=O) groups excluding carboxylic acids is 1. The zero-order valence-corrected chi connectivity index (χ0v) is 11.5. The number of amides is 1. The summed E-state index contributed by atoms with van der Waals surface area (Å²) in [6.45, 7) is 4.06. The molecule has 1 amide bonds. The van der Waals surface area contributed by atoms with Gasteiger partial charge in [0.25, 0.3) is 0 Å². The van der Waals surface area contributed by atoms with Gasteiger partial charge in [0.2, 0.25) is 5.91 Å². The second-order valence-electron chi connectivity index (χ2n) is 4.43. The predicted molar refractivity (Wildman–Crippen MR) is 73.7 cm³/mol. The average molecular weight is 260 g/mol. The number of thiocarbonyl (C=S) groups is 1. The Hall–Kier alpha value is -0.290. The SMILES string of the molecule is CCC(CC(N)=S)NC(=O)C1(C)CCCS1. The van der Waals surface area contributed by atoms with Crippen LogP contribution in [0.25, 0.3) is 0 Å². The summed E-state index contributed by atoms with van der Waals surface area (Å²) in [7, 11) is 0. The van der Waals surface area contributed by atoms with Crippen LogP contribution in [0.15, 0.2) is 0 Å². The average Bonchev–Trinajstić information content (AvgIpc) is 2.64. The summed E-state index contributed by atoms with van der Waals surface area (Å²) in [6.07, 6.45) is 3.55. The highest BCUT2D eigenvalue weighted by atomic mass is 32.2. The molecule has 3 nitrogen and oxygen atoms in total. The standard InChI is InChI=1S/C11H20N2OS2/c1-3-8(7-9(12)15)13-10(14)11(2)5-4-6-16-11/h8H,3-7H2,1-2H3,(H2,12,15)(H,13,14). The molecule has 1 rings (SSSR count). The first kappa shape index (κ1) is 13.8. The van der Waals surface area contributed by atoms with Gasteiger partial charge >= 0.3 is 0 Å². The van der Waals surface area contributed by atoms with E-state index in [1.54, 1.807) is 11.8 Å². The molecule has 0 bridgehead atoms. The maximum Gasteiger partial charge on any atom is 0.236 e. The van der Waals surface area contributed by atoms with Crippen molar-refractivity contribution in [1.29, 1.82) is 0 Å². The van der Waals surface area contributed by atoms with Gasteiger partial charge in [-0.05, 0) is 31.9 Å². The lowest BCUT2D eigenvalue weighted by molar-refractivity contribution is -0.123. The van der Waals surface area contributed by atoms with Crippen LogP contribution in [0.4, 0.5) is 0 Å². The molecule has 1 aliphatic heterocycles. The highest BCUT2D eigenvalue weighted by molar-refractivity contribution is 8.01.